The summed E-state index contributed by atoms with van der Waals surface area (Å²) in [6.45, 7) is 3.97. The predicted octanol–water partition coefficient (Wildman–Crippen LogP) is 2.14. The van der Waals surface area contributed by atoms with Crippen LogP contribution in [0.4, 0.5) is 5.69 Å². The summed E-state index contributed by atoms with van der Waals surface area (Å²) in [6, 6.07) is 7.97. The van der Waals surface area contributed by atoms with Crippen LogP contribution in [0.3, 0.4) is 0 Å². The van der Waals surface area contributed by atoms with Crippen LogP contribution in [0, 0.1) is 6.92 Å². The van der Waals surface area contributed by atoms with Crippen LogP contribution in [0.2, 0.25) is 0 Å². The second-order valence-electron chi connectivity index (χ2n) is 2.94. The lowest BCUT2D eigenvalue weighted by Gasteiger charge is -2.11. The van der Waals surface area contributed by atoms with E-state index < -0.39 is 6.23 Å². The second-order valence-corrected chi connectivity index (χ2v) is 2.94. The van der Waals surface area contributed by atoms with Gasteiger partial charge in [0.2, 0.25) is 0 Å². The van der Waals surface area contributed by atoms with Crippen molar-refractivity contribution in [1.82, 2.24) is 0 Å². The van der Waals surface area contributed by atoms with Crippen molar-refractivity contribution in [1.29, 1.82) is 0 Å². The molecule has 0 aliphatic rings. The summed E-state index contributed by atoms with van der Waals surface area (Å²) in [5.74, 6) is 0. The Balaban J connectivity index is 2.63. The minimum absolute atomic E-state index is 0.438. The van der Waals surface area contributed by atoms with Gasteiger partial charge in [-0.2, -0.15) is 0 Å². The van der Waals surface area contributed by atoms with Gasteiger partial charge in [-0.05, 0) is 31.0 Å². The zero-order valence-corrected chi connectivity index (χ0v) is 7.54. The first-order valence-corrected chi connectivity index (χ1v) is 4.23. The third kappa shape index (κ3) is 2.55. The Morgan fingerprint density at radius 2 is 2.25 bits per heavy atom. The van der Waals surface area contributed by atoms with Crippen molar-refractivity contribution >= 4 is 5.69 Å². The van der Waals surface area contributed by atoms with Gasteiger partial charge in [0.15, 0.2) is 0 Å². The molecule has 0 saturated carbocycles. The molecule has 1 rings (SSSR count). The van der Waals surface area contributed by atoms with Crippen molar-refractivity contribution in [2.24, 2.45) is 0 Å². The molecule has 1 aromatic rings. The predicted molar refractivity (Wildman–Crippen MR) is 51.1 cm³/mol. The number of anilines is 1. The van der Waals surface area contributed by atoms with Crippen molar-refractivity contribution < 1.29 is 5.11 Å². The lowest BCUT2D eigenvalue weighted by molar-refractivity contribution is 0.199. The molecule has 2 N–H and O–H groups in total. The zero-order valence-electron chi connectivity index (χ0n) is 7.54. The molecule has 2 nitrogen and oxygen atoms in total. The molecule has 1 aromatic carbocycles. The first-order chi connectivity index (χ1) is 5.72. The van der Waals surface area contributed by atoms with Crippen LogP contribution >= 0.6 is 0 Å². The van der Waals surface area contributed by atoms with Gasteiger partial charge in [0.1, 0.15) is 6.23 Å². The van der Waals surface area contributed by atoms with E-state index in [2.05, 4.69) is 5.32 Å². The minimum atomic E-state index is -0.438. The van der Waals surface area contributed by atoms with E-state index in [-0.39, 0.29) is 0 Å². The van der Waals surface area contributed by atoms with E-state index in [9.17, 15) is 5.11 Å². The van der Waals surface area contributed by atoms with Crippen molar-refractivity contribution in [3.63, 3.8) is 0 Å². The average Bonchev–Trinajstić information content (AvgIpc) is 2.04. The smallest absolute Gasteiger partial charge is 0.124 e. The van der Waals surface area contributed by atoms with Crippen molar-refractivity contribution in [3.05, 3.63) is 29.8 Å². The quantitative estimate of drug-likeness (QED) is 0.672. The number of aliphatic hydroxyl groups excluding tert-OH is 1. The summed E-state index contributed by atoms with van der Waals surface area (Å²) < 4.78 is 0. The molecular formula is C10H15NO. The Hall–Kier alpha value is -1.02. The third-order valence-electron chi connectivity index (χ3n) is 1.74. The van der Waals surface area contributed by atoms with Gasteiger partial charge in [-0.15, -0.1) is 0 Å². The summed E-state index contributed by atoms with van der Waals surface area (Å²) in [5.41, 5.74) is 2.17. The number of aliphatic hydroxyl groups is 1. The number of hydrogen-bond acceptors (Lipinski definition) is 2. The second kappa shape index (κ2) is 4.12. The molecular weight excluding hydrogens is 150 g/mol. The summed E-state index contributed by atoms with van der Waals surface area (Å²) >= 11 is 0. The van der Waals surface area contributed by atoms with Crippen LogP contribution in [0.5, 0.6) is 0 Å². The maximum atomic E-state index is 9.29. The third-order valence-corrected chi connectivity index (χ3v) is 1.74. The van der Waals surface area contributed by atoms with Crippen LogP contribution in [0.15, 0.2) is 24.3 Å². The summed E-state index contributed by atoms with van der Waals surface area (Å²) in [4.78, 5) is 0. The summed E-state index contributed by atoms with van der Waals surface area (Å²) in [6.07, 6.45) is 0.278. The molecule has 2 heteroatoms. The number of rotatable bonds is 3. The number of aryl methyl sites for hydroxylation is 1. The van der Waals surface area contributed by atoms with Crippen LogP contribution in [-0.4, -0.2) is 11.3 Å². The fourth-order valence-corrected chi connectivity index (χ4v) is 1.03. The highest BCUT2D eigenvalue weighted by Gasteiger charge is 1.98. The SMILES string of the molecule is CCC(O)Nc1cccc(C)c1. The normalized spacial score (nSPS) is 12.6. The molecule has 0 fully saturated rings. The van der Waals surface area contributed by atoms with Gasteiger partial charge in [-0.3, -0.25) is 0 Å². The van der Waals surface area contributed by atoms with Crippen molar-refractivity contribution in [2.75, 3.05) is 5.32 Å². The Labute approximate surface area is 73.2 Å². The van der Waals surface area contributed by atoms with E-state index in [0.29, 0.717) is 6.42 Å². The summed E-state index contributed by atoms with van der Waals surface area (Å²) in [7, 11) is 0. The molecule has 66 valence electrons. The van der Waals surface area contributed by atoms with E-state index in [0.717, 1.165) is 5.69 Å². The van der Waals surface area contributed by atoms with E-state index in [1.807, 2.05) is 38.1 Å². The topological polar surface area (TPSA) is 32.3 Å². The van der Waals surface area contributed by atoms with Gasteiger partial charge in [0.25, 0.3) is 0 Å². The highest BCUT2D eigenvalue weighted by molar-refractivity contribution is 5.45. The lowest BCUT2D eigenvalue weighted by Crippen LogP contribution is -2.16. The van der Waals surface area contributed by atoms with E-state index in [1.54, 1.807) is 0 Å². The van der Waals surface area contributed by atoms with Gasteiger partial charge in [-0.25, -0.2) is 0 Å². The molecule has 0 aliphatic heterocycles. The standard InChI is InChI=1S/C10H15NO/c1-3-10(12)11-9-6-4-5-8(2)7-9/h4-7,10-12H,3H2,1-2H3. The molecule has 0 radical (unpaired) electrons. The highest BCUT2D eigenvalue weighted by atomic mass is 16.3. The van der Waals surface area contributed by atoms with Crippen molar-refractivity contribution in [3.8, 4) is 0 Å². The molecule has 1 atom stereocenters. The molecule has 12 heavy (non-hydrogen) atoms. The van der Waals surface area contributed by atoms with Crippen LogP contribution in [0.25, 0.3) is 0 Å². The maximum absolute atomic E-state index is 9.29. The lowest BCUT2D eigenvalue weighted by atomic mass is 10.2. The molecule has 1 unspecified atom stereocenters. The number of hydrogen-bond donors (Lipinski definition) is 2. The van der Waals surface area contributed by atoms with Gasteiger partial charge in [0.05, 0.1) is 0 Å². The number of benzene rings is 1. The van der Waals surface area contributed by atoms with E-state index in [4.69, 9.17) is 0 Å². The molecule has 0 bridgehead atoms. The molecule has 0 spiro atoms. The minimum Gasteiger partial charge on any atom is -0.374 e. The van der Waals surface area contributed by atoms with Crippen LogP contribution in [-0.2, 0) is 0 Å². The fourth-order valence-electron chi connectivity index (χ4n) is 1.03. The average molecular weight is 165 g/mol. The zero-order chi connectivity index (χ0) is 8.97. The molecule has 0 aromatic heterocycles. The van der Waals surface area contributed by atoms with Gasteiger partial charge in [-0.1, -0.05) is 19.1 Å². The monoisotopic (exact) mass is 165 g/mol. The Morgan fingerprint density at radius 3 is 2.83 bits per heavy atom. The molecule has 0 aliphatic carbocycles. The molecule has 0 heterocycles. The fraction of sp³-hybridized carbons (Fsp3) is 0.400. The Morgan fingerprint density at radius 1 is 1.50 bits per heavy atom. The van der Waals surface area contributed by atoms with Gasteiger partial charge >= 0.3 is 0 Å². The molecule has 0 amide bonds. The Bertz CT molecular complexity index is 247. The van der Waals surface area contributed by atoms with E-state index in [1.165, 1.54) is 5.56 Å². The van der Waals surface area contributed by atoms with Gasteiger partial charge < -0.3 is 10.4 Å². The molecule has 0 saturated heterocycles. The first-order valence-electron chi connectivity index (χ1n) is 4.23. The van der Waals surface area contributed by atoms with Crippen LogP contribution < -0.4 is 5.32 Å². The van der Waals surface area contributed by atoms with E-state index >= 15 is 0 Å². The van der Waals surface area contributed by atoms with Crippen LogP contribution in [0.1, 0.15) is 18.9 Å². The van der Waals surface area contributed by atoms with Crippen molar-refractivity contribution in [2.45, 2.75) is 26.5 Å². The maximum Gasteiger partial charge on any atom is 0.124 e. The highest BCUT2D eigenvalue weighted by Crippen LogP contribution is 2.10. The Kier molecular flexibility index (Phi) is 3.11. The number of nitrogens with one attached hydrogen (secondary N) is 1. The largest absolute Gasteiger partial charge is 0.374 e. The van der Waals surface area contributed by atoms with Gasteiger partial charge in [0, 0.05) is 5.69 Å². The summed E-state index contributed by atoms with van der Waals surface area (Å²) in [5, 5.41) is 12.3. The first kappa shape index (κ1) is 9.07.